The molecule has 0 N–H and O–H groups in total. The van der Waals surface area contributed by atoms with E-state index in [1.54, 1.807) is 13.3 Å². The summed E-state index contributed by atoms with van der Waals surface area (Å²) in [5.74, 6) is 2.87. The van der Waals surface area contributed by atoms with Gasteiger partial charge < -0.3 is 9.64 Å². The number of thioether (sulfide) groups is 1. The first kappa shape index (κ1) is 14.1. The predicted molar refractivity (Wildman–Crippen MR) is 91.8 cm³/mol. The maximum Gasteiger partial charge on any atom is 0.240 e. The Morgan fingerprint density at radius 3 is 2.77 bits per heavy atom. The van der Waals surface area contributed by atoms with Crippen molar-refractivity contribution in [2.75, 3.05) is 37.1 Å². The minimum atomic E-state index is 0.590. The van der Waals surface area contributed by atoms with Crippen molar-refractivity contribution < 1.29 is 4.74 Å². The van der Waals surface area contributed by atoms with Gasteiger partial charge in [0, 0.05) is 42.0 Å². The molecule has 0 unspecified atom stereocenters. The highest BCUT2D eigenvalue weighted by molar-refractivity contribution is 7.98. The Morgan fingerprint density at radius 1 is 1.27 bits per heavy atom. The lowest BCUT2D eigenvalue weighted by Gasteiger charge is -2.60. The molecule has 2 aliphatic rings. The van der Waals surface area contributed by atoms with E-state index in [2.05, 4.69) is 27.2 Å². The molecule has 3 heterocycles. The highest BCUT2D eigenvalue weighted by Crippen LogP contribution is 2.54. The molecule has 0 amide bonds. The molecule has 0 bridgehead atoms. The largest absolute Gasteiger partial charge is 0.479 e. The van der Waals surface area contributed by atoms with E-state index in [0.717, 1.165) is 16.8 Å². The average molecular weight is 315 g/mol. The van der Waals surface area contributed by atoms with Crippen molar-refractivity contribution in [3.05, 3.63) is 24.5 Å². The maximum absolute atomic E-state index is 5.33. The van der Waals surface area contributed by atoms with Crippen LogP contribution in [0, 0.1) is 11.3 Å². The van der Waals surface area contributed by atoms with Gasteiger partial charge >= 0.3 is 0 Å². The molecule has 4 nitrogen and oxygen atoms in total. The van der Waals surface area contributed by atoms with E-state index < -0.39 is 0 Å². The molecule has 4 rings (SSSR count). The van der Waals surface area contributed by atoms with Gasteiger partial charge in [0.15, 0.2) is 0 Å². The van der Waals surface area contributed by atoms with Crippen LogP contribution in [0.2, 0.25) is 0 Å². The fourth-order valence-electron chi connectivity index (χ4n) is 4.17. The summed E-state index contributed by atoms with van der Waals surface area (Å²) >= 11 is 1.98. The summed E-state index contributed by atoms with van der Waals surface area (Å²) in [5.41, 5.74) is 2.72. The Labute approximate surface area is 135 Å². The topological polar surface area (TPSA) is 38.2 Å². The van der Waals surface area contributed by atoms with Crippen molar-refractivity contribution in [2.45, 2.75) is 12.8 Å². The first-order chi connectivity index (χ1) is 10.7. The fraction of sp³-hybridized carbons (Fsp3) is 0.529. The molecule has 2 aromatic rings. The van der Waals surface area contributed by atoms with Crippen LogP contribution in [0.5, 0.6) is 5.88 Å². The number of hydrogen-bond acceptors (Lipinski definition) is 5. The van der Waals surface area contributed by atoms with E-state index in [1.807, 2.05) is 24.0 Å². The Hall–Kier alpha value is -1.49. The van der Waals surface area contributed by atoms with Gasteiger partial charge in [0.2, 0.25) is 5.88 Å². The van der Waals surface area contributed by atoms with Crippen molar-refractivity contribution in [1.82, 2.24) is 9.97 Å². The number of fused-ring (bicyclic) bond motifs is 1. The Kier molecular flexibility index (Phi) is 3.40. The molecule has 1 saturated carbocycles. The van der Waals surface area contributed by atoms with Gasteiger partial charge in [-0.15, -0.1) is 0 Å². The monoisotopic (exact) mass is 315 g/mol. The lowest BCUT2D eigenvalue weighted by Crippen LogP contribution is -2.62. The van der Waals surface area contributed by atoms with Crippen molar-refractivity contribution in [2.24, 2.45) is 11.3 Å². The van der Waals surface area contributed by atoms with Crippen LogP contribution in [0.1, 0.15) is 12.8 Å². The summed E-state index contributed by atoms with van der Waals surface area (Å²) in [6.45, 7) is 2.36. The second-order valence-electron chi connectivity index (χ2n) is 6.63. The Morgan fingerprint density at radius 2 is 2.05 bits per heavy atom. The quantitative estimate of drug-likeness (QED) is 0.866. The lowest BCUT2D eigenvalue weighted by atomic mass is 9.58. The van der Waals surface area contributed by atoms with Gasteiger partial charge in [-0.3, -0.25) is 4.98 Å². The average Bonchev–Trinajstić information content (AvgIpc) is 2.47. The zero-order valence-electron chi connectivity index (χ0n) is 13.1. The Bertz CT molecular complexity index is 691. The molecular formula is C17H21N3OS. The van der Waals surface area contributed by atoms with E-state index in [4.69, 9.17) is 4.74 Å². The van der Waals surface area contributed by atoms with Crippen LogP contribution in [0.25, 0.3) is 10.9 Å². The van der Waals surface area contributed by atoms with E-state index in [-0.39, 0.29) is 0 Å². The number of nitrogens with zero attached hydrogens (tertiary/aromatic N) is 3. The van der Waals surface area contributed by atoms with Crippen LogP contribution in [0.3, 0.4) is 0 Å². The minimum Gasteiger partial charge on any atom is -0.479 e. The first-order valence-corrected chi connectivity index (χ1v) is 9.16. The minimum absolute atomic E-state index is 0.590. The first-order valence-electron chi connectivity index (χ1n) is 7.76. The summed E-state index contributed by atoms with van der Waals surface area (Å²) in [4.78, 5) is 11.2. The number of rotatable bonds is 4. The molecular weight excluding hydrogens is 294 g/mol. The van der Waals surface area contributed by atoms with Crippen LogP contribution in [-0.4, -0.2) is 42.2 Å². The summed E-state index contributed by atoms with van der Waals surface area (Å²) in [7, 11) is 1.65. The van der Waals surface area contributed by atoms with Crippen LogP contribution in [0.4, 0.5) is 5.69 Å². The van der Waals surface area contributed by atoms with Crippen molar-refractivity contribution in [3.8, 4) is 5.88 Å². The molecule has 5 heteroatoms. The van der Waals surface area contributed by atoms with Gasteiger partial charge in [-0.25, -0.2) is 4.98 Å². The molecule has 22 heavy (non-hydrogen) atoms. The van der Waals surface area contributed by atoms with Crippen molar-refractivity contribution in [3.63, 3.8) is 0 Å². The summed E-state index contributed by atoms with van der Waals surface area (Å²) in [6, 6.07) is 4.16. The van der Waals surface area contributed by atoms with Gasteiger partial charge in [-0.2, -0.15) is 11.8 Å². The zero-order chi connectivity index (χ0) is 15.2. The molecule has 0 atom stereocenters. The van der Waals surface area contributed by atoms with Crippen molar-refractivity contribution >= 4 is 28.4 Å². The van der Waals surface area contributed by atoms with Gasteiger partial charge in [0.05, 0.1) is 7.11 Å². The van der Waals surface area contributed by atoms with Crippen LogP contribution >= 0.6 is 11.8 Å². The van der Waals surface area contributed by atoms with Crippen molar-refractivity contribution in [1.29, 1.82) is 0 Å². The molecule has 1 aliphatic heterocycles. The molecule has 2 fully saturated rings. The number of pyridine rings is 2. The third-order valence-corrected chi connectivity index (χ3v) is 5.84. The standard InChI is InChI=1S/C17H21N3OS/c1-21-16-15-13(3-5-19-16)14(4-6-18-15)20-10-17(11-20)7-12(8-17)9-22-2/h3-6,12H,7-11H2,1-2H3. The fourth-order valence-corrected chi connectivity index (χ4v) is 4.88. The summed E-state index contributed by atoms with van der Waals surface area (Å²) < 4.78 is 5.33. The third-order valence-electron chi connectivity index (χ3n) is 5.04. The summed E-state index contributed by atoms with van der Waals surface area (Å²) in [6.07, 6.45) is 8.68. The molecule has 116 valence electrons. The smallest absolute Gasteiger partial charge is 0.240 e. The Balaban J connectivity index is 1.55. The van der Waals surface area contributed by atoms with E-state index in [9.17, 15) is 0 Å². The molecule has 2 aromatic heterocycles. The second kappa shape index (κ2) is 5.30. The SMILES string of the molecule is COc1nccc2c(N3CC4(CC(CSC)C4)C3)ccnc12. The van der Waals surface area contributed by atoms with Gasteiger partial charge in [0.1, 0.15) is 5.52 Å². The summed E-state index contributed by atoms with van der Waals surface area (Å²) in [5, 5.41) is 1.14. The second-order valence-corrected chi connectivity index (χ2v) is 7.54. The zero-order valence-corrected chi connectivity index (χ0v) is 13.9. The third kappa shape index (κ3) is 2.14. The number of methoxy groups -OCH3 is 1. The number of aromatic nitrogens is 2. The van der Waals surface area contributed by atoms with Gasteiger partial charge in [0.25, 0.3) is 0 Å². The maximum atomic E-state index is 5.33. The van der Waals surface area contributed by atoms with Gasteiger partial charge in [-0.1, -0.05) is 0 Å². The van der Waals surface area contributed by atoms with Crippen LogP contribution in [0.15, 0.2) is 24.5 Å². The van der Waals surface area contributed by atoms with Gasteiger partial charge in [-0.05, 0) is 42.9 Å². The van der Waals surface area contributed by atoms with E-state index in [1.165, 1.54) is 37.4 Å². The number of hydrogen-bond donors (Lipinski definition) is 0. The van der Waals surface area contributed by atoms with E-state index in [0.29, 0.717) is 11.3 Å². The number of anilines is 1. The van der Waals surface area contributed by atoms with Crippen LogP contribution < -0.4 is 9.64 Å². The van der Waals surface area contributed by atoms with E-state index >= 15 is 0 Å². The highest BCUT2D eigenvalue weighted by Gasteiger charge is 2.52. The number of ether oxygens (including phenoxy) is 1. The molecule has 0 aromatic carbocycles. The molecule has 1 saturated heterocycles. The molecule has 0 radical (unpaired) electrons. The predicted octanol–water partition coefficient (Wildman–Crippen LogP) is 3.22. The normalized spacial score (nSPS) is 20.0. The molecule has 1 spiro atoms. The highest BCUT2D eigenvalue weighted by atomic mass is 32.2. The molecule has 1 aliphatic carbocycles. The van der Waals surface area contributed by atoms with Crippen LogP contribution in [-0.2, 0) is 0 Å². The lowest BCUT2D eigenvalue weighted by molar-refractivity contribution is 0.0364.